The number of rotatable bonds is 8. The molecule has 3 aromatic rings. The third-order valence-electron chi connectivity index (χ3n) is 6.27. The van der Waals surface area contributed by atoms with E-state index in [9.17, 15) is 4.79 Å². The molecule has 11 heteroatoms. The van der Waals surface area contributed by atoms with Gasteiger partial charge in [-0.15, -0.1) is 10.2 Å². The number of aromatic nitrogens is 5. The number of carbonyl (C=O) groups excluding carboxylic acids is 1. The number of methoxy groups -OCH3 is 1. The number of hydrogen-bond donors (Lipinski definition) is 0. The zero-order chi connectivity index (χ0) is 24.0. The molecule has 0 radical (unpaired) electrons. The lowest BCUT2D eigenvalue weighted by molar-refractivity contribution is -0.128. The van der Waals surface area contributed by atoms with Crippen LogP contribution in [0.15, 0.2) is 47.9 Å². The van der Waals surface area contributed by atoms with Gasteiger partial charge in [0.05, 0.1) is 25.5 Å². The van der Waals surface area contributed by atoms with E-state index < -0.39 is 0 Å². The van der Waals surface area contributed by atoms with Gasteiger partial charge in [-0.05, 0) is 43.2 Å². The standard InChI is InChI=1S/C24H29N7O3S/c1-33-19-7-5-18(6-8-19)22-27-28-24(31(22)16-20-4-2-15-34-20)35-17-21(32)29-11-13-30(14-12-29)23-25-9-3-10-26-23/h3,5-10,20H,2,4,11-17H2,1H3. The minimum Gasteiger partial charge on any atom is -0.497 e. The molecule has 184 valence electrons. The molecule has 0 bridgehead atoms. The zero-order valence-corrected chi connectivity index (χ0v) is 20.6. The van der Waals surface area contributed by atoms with E-state index in [0.29, 0.717) is 31.3 Å². The number of nitrogens with zero attached hydrogens (tertiary/aromatic N) is 7. The number of ether oxygens (including phenoxy) is 2. The van der Waals surface area contributed by atoms with Crippen molar-refractivity contribution < 1.29 is 14.3 Å². The molecule has 4 heterocycles. The van der Waals surface area contributed by atoms with Crippen LogP contribution in [0.5, 0.6) is 5.75 Å². The van der Waals surface area contributed by atoms with Crippen LogP contribution in [0.3, 0.4) is 0 Å². The maximum Gasteiger partial charge on any atom is 0.233 e. The predicted molar refractivity (Wildman–Crippen MR) is 133 cm³/mol. The van der Waals surface area contributed by atoms with Crippen molar-refractivity contribution in [2.45, 2.75) is 30.6 Å². The number of carbonyl (C=O) groups is 1. The van der Waals surface area contributed by atoms with Crippen LogP contribution in [-0.4, -0.2) is 87.3 Å². The summed E-state index contributed by atoms with van der Waals surface area (Å²) >= 11 is 1.43. The van der Waals surface area contributed by atoms with Crippen molar-refractivity contribution in [2.75, 3.05) is 50.5 Å². The average Bonchev–Trinajstić information content (AvgIpc) is 3.58. The number of anilines is 1. The highest BCUT2D eigenvalue weighted by Gasteiger charge is 2.25. The van der Waals surface area contributed by atoms with E-state index in [1.165, 1.54) is 11.8 Å². The normalized spacial score (nSPS) is 18.1. The minimum absolute atomic E-state index is 0.0984. The lowest BCUT2D eigenvalue weighted by Gasteiger charge is -2.34. The minimum atomic E-state index is 0.0984. The maximum absolute atomic E-state index is 13.0. The van der Waals surface area contributed by atoms with E-state index in [1.54, 1.807) is 25.6 Å². The lowest BCUT2D eigenvalue weighted by atomic mass is 10.2. The van der Waals surface area contributed by atoms with Crippen LogP contribution in [-0.2, 0) is 16.1 Å². The van der Waals surface area contributed by atoms with Crippen molar-refractivity contribution in [1.29, 1.82) is 0 Å². The Bertz CT molecular complexity index is 1110. The summed E-state index contributed by atoms with van der Waals surface area (Å²) in [5.41, 5.74) is 0.953. The summed E-state index contributed by atoms with van der Waals surface area (Å²) in [6.07, 6.45) is 5.68. The molecule has 2 aliphatic heterocycles. The molecular formula is C24H29N7O3S. The van der Waals surface area contributed by atoms with Gasteiger partial charge in [-0.2, -0.15) is 0 Å². The van der Waals surface area contributed by atoms with Crippen molar-refractivity contribution in [1.82, 2.24) is 29.6 Å². The second-order valence-electron chi connectivity index (χ2n) is 8.49. The summed E-state index contributed by atoms with van der Waals surface area (Å²) in [6.45, 7) is 4.19. The smallest absolute Gasteiger partial charge is 0.233 e. The summed E-state index contributed by atoms with van der Waals surface area (Å²) in [6, 6.07) is 9.58. The summed E-state index contributed by atoms with van der Waals surface area (Å²) in [5.74, 6) is 2.69. The summed E-state index contributed by atoms with van der Waals surface area (Å²) in [7, 11) is 1.65. The van der Waals surface area contributed by atoms with E-state index in [1.807, 2.05) is 29.2 Å². The van der Waals surface area contributed by atoms with Crippen molar-refractivity contribution in [3.63, 3.8) is 0 Å². The topological polar surface area (TPSA) is 98.5 Å². The Morgan fingerprint density at radius 2 is 1.89 bits per heavy atom. The van der Waals surface area contributed by atoms with Gasteiger partial charge in [0.2, 0.25) is 11.9 Å². The largest absolute Gasteiger partial charge is 0.497 e. The molecular weight excluding hydrogens is 466 g/mol. The Balaban J connectivity index is 1.24. The SMILES string of the molecule is COc1ccc(-c2nnc(SCC(=O)N3CCN(c4ncccn4)CC3)n2CC2CCCO2)cc1. The highest BCUT2D eigenvalue weighted by atomic mass is 32.2. The Hall–Kier alpha value is -3.18. The zero-order valence-electron chi connectivity index (χ0n) is 19.7. The number of thioether (sulfide) groups is 1. The third kappa shape index (κ3) is 5.57. The second kappa shape index (κ2) is 11.0. The fourth-order valence-electron chi connectivity index (χ4n) is 4.33. The molecule has 35 heavy (non-hydrogen) atoms. The fourth-order valence-corrected chi connectivity index (χ4v) is 5.18. The Labute approximate surface area is 208 Å². The molecule has 0 N–H and O–H groups in total. The molecule has 0 spiro atoms. The van der Waals surface area contributed by atoms with Crippen LogP contribution in [0.1, 0.15) is 12.8 Å². The summed E-state index contributed by atoms with van der Waals surface area (Å²) < 4.78 is 13.2. The van der Waals surface area contributed by atoms with Gasteiger partial charge in [-0.25, -0.2) is 9.97 Å². The highest BCUT2D eigenvalue weighted by molar-refractivity contribution is 7.99. The van der Waals surface area contributed by atoms with E-state index in [4.69, 9.17) is 9.47 Å². The van der Waals surface area contributed by atoms with Crippen LogP contribution in [0.4, 0.5) is 5.95 Å². The van der Waals surface area contributed by atoms with Gasteiger partial charge < -0.3 is 19.3 Å². The van der Waals surface area contributed by atoms with E-state index >= 15 is 0 Å². The van der Waals surface area contributed by atoms with Crippen LogP contribution in [0.25, 0.3) is 11.4 Å². The number of benzene rings is 1. The lowest BCUT2D eigenvalue weighted by Crippen LogP contribution is -2.49. The molecule has 2 aromatic heterocycles. The van der Waals surface area contributed by atoms with Gasteiger partial charge in [0.1, 0.15) is 5.75 Å². The van der Waals surface area contributed by atoms with Crippen LogP contribution >= 0.6 is 11.8 Å². The Kier molecular flexibility index (Phi) is 7.43. The summed E-state index contributed by atoms with van der Waals surface area (Å²) in [5, 5.41) is 9.64. The first-order valence-corrected chi connectivity index (χ1v) is 12.8. The average molecular weight is 496 g/mol. The van der Waals surface area contributed by atoms with Crippen molar-refractivity contribution in [3.8, 4) is 17.1 Å². The van der Waals surface area contributed by atoms with Crippen molar-refractivity contribution >= 4 is 23.6 Å². The van der Waals surface area contributed by atoms with Gasteiger partial charge >= 0.3 is 0 Å². The second-order valence-corrected chi connectivity index (χ2v) is 9.43. The molecule has 1 amide bonds. The number of hydrogen-bond acceptors (Lipinski definition) is 9. The van der Waals surface area contributed by atoms with Gasteiger partial charge in [0, 0.05) is 50.7 Å². The van der Waals surface area contributed by atoms with Crippen LogP contribution in [0, 0.1) is 0 Å². The van der Waals surface area contributed by atoms with E-state index in [2.05, 4.69) is 29.6 Å². The molecule has 2 saturated heterocycles. The molecule has 1 atom stereocenters. The van der Waals surface area contributed by atoms with Gasteiger partial charge in [0.15, 0.2) is 11.0 Å². The van der Waals surface area contributed by atoms with Crippen LogP contribution in [0.2, 0.25) is 0 Å². The Morgan fingerprint density at radius 3 is 2.57 bits per heavy atom. The molecule has 2 aliphatic rings. The van der Waals surface area contributed by atoms with Crippen molar-refractivity contribution in [2.24, 2.45) is 0 Å². The third-order valence-corrected chi connectivity index (χ3v) is 7.22. The van der Waals surface area contributed by atoms with Gasteiger partial charge in [-0.1, -0.05) is 11.8 Å². The molecule has 5 rings (SSSR count). The summed E-state index contributed by atoms with van der Waals surface area (Å²) in [4.78, 5) is 25.6. The first-order chi connectivity index (χ1) is 17.2. The monoisotopic (exact) mass is 495 g/mol. The molecule has 1 aromatic carbocycles. The van der Waals surface area contributed by atoms with Crippen molar-refractivity contribution in [3.05, 3.63) is 42.7 Å². The van der Waals surface area contributed by atoms with E-state index in [-0.39, 0.29) is 12.0 Å². The first-order valence-electron chi connectivity index (χ1n) is 11.8. The molecule has 0 aliphatic carbocycles. The fraction of sp³-hybridized carbons (Fsp3) is 0.458. The molecule has 0 saturated carbocycles. The Morgan fingerprint density at radius 1 is 1.11 bits per heavy atom. The molecule has 1 unspecified atom stereocenters. The molecule has 2 fully saturated rings. The number of amides is 1. The maximum atomic E-state index is 13.0. The quantitative estimate of drug-likeness (QED) is 0.436. The highest BCUT2D eigenvalue weighted by Crippen LogP contribution is 2.28. The van der Waals surface area contributed by atoms with Crippen LogP contribution < -0.4 is 9.64 Å². The molecule has 10 nitrogen and oxygen atoms in total. The number of piperazine rings is 1. The van der Waals surface area contributed by atoms with Gasteiger partial charge in [0.25, 0.3) is 0 Å². The first kappa shape index (κ1) is 23.6. The van der Waals surface area contributed by atoms with E-state index in [0.717, 1.165) is 54.8 Å². The predicted octanol–water partition coefficient (Wildman–Crippen LogP) is 2.36. The van der Waals surface area contributed by atoms with Gasteiger partial charge in [-0.3, -0.25) is 9.36 Å².